The molecule has 0 radical (unpaired) electrons. The highest BCUT2D eigenvalue weighted by atomic mass is 19.1. The third kappa shape index (κ3) is 3.67. The zero-order valence-corrected chi connectivity index (χ0v) is 13.7. The second-order valence-electron chi connectivity index (χ2n) is 5.93. The first kappa shape index (κ1) is 16.3. The largest absolute Gasteiger partial charge is 0.497 e. The van der Waals surface area contributed by atoms with Crippen LogP contribution in [0.25, 0.3) is 0 Å². The van der Waals surface area contributed by atoms with Gasteiger partial charge in [-0.25, -0.2) is 4.39 Å². The third-order valence-electron chi connectivity index (χ3n) is 4.40. The van der Waals surface area contributed by atoms with Crippen LogP contribution in [0.3, 0.4) is 0 Å². The van der Waals surface area contributed by atoms with E-state index in [2.05, 4.69) is 5.32 Å². The number of hydrogen-bond acceptors (Lipinski definition) is 3. The first-order chi connectivity index (χ1) is 11.7. The molecule has 1 heterocycles. The van der Waals surface area contributed by atoms with E-state index in [9.17, 15) is 9.18 Å². The summed E-state index contributed by atoms with van der Waals surface area (Å²) in [6, 6.07) is 14.1. The Morgan fingerprint density at radius 2 is 1.92 bits per heavy atom. The molecule has 1 N–H and O–H groups in total. The van der Waals surface area contributed by atoms with E-state index in [1.54, 1.807) is 25.3 Å². The molecule has 1 fully saturated rings. The first-order valence-corrected chi connectivity index (χ1v) is 8.12. The van der Waals surface area contributed by atoms with Crippen molar-refractivity contribution in [1.29, 1.82) is 0 Å². The molecule has 4 nitrogen and oxygen atoms in total. The van der Waals surface area contributed by atoms with Gasteiger partial charge in [-0.05, 0) is 37.1 Å². The fraction of sp³-hybridized carbons (Fsp3) is 0.316. The SMILES string of the molecule is COc1cccc(NC(=O)C2CCN(c3ccccc3F)CC2)c1. The second kappa shape index (κ2) is 7.34. The van der Waals surface area contributed by atoms with Gasteiger partial charge in [-0.2, -0.15) is 0 Å². The van der Waals surface area contributed by atoms with Crippen molar-refractivity contribution in [2.24, 2.45) is 5.92 Å². The molecule has 1 saturated heterocycles. The lowest BCUT2D eigenvalue weighted by Gasteiger charge is -2.33. The van der Waals surface area contributed by atoms with Gasteiger partial charge >= 0.3 is 0 Å². The average Bonchev–Trinajstić information content (AvgIpc) is 2.62. The predicted molar refractivity (Wildman–Crippen MR) is 93.0 cm³/mol. The van der Waals surface area contributed by atoms with E-state index < -0.39 is 0 Å². The number of benzene rings is 2. The summed E-state index contributed by atoms with van der Waals surface area (Å²) in [5.74, 6) is 0.453. The zero-order chi connectivity index (χ0) is 16.9. The summed E-state index contributed by atoms with van der Waals surface area (Å²) in [7, 11) is 1.60. The normalized spacial score (nSPS) is 15.2. The minimum atomic E-state index is -0.211. The number of hydrogen-bond donors (Lipinski definition) is 1. The highest BCUT2D eigenvalue weighted by Crippen LogP contribution is 2.26. The van der Waals surface area contributed by atoms with Gasteiger partial charge < -0.3 is 15.0 Å². The molecule has 0 aliphatic carbocycles. The summed E-state index contributed by atoms with van der Waals surface area (Å²) < 4.78 is 19.0. The first-order valence-electron chi connectivity index (χ1n) is 8.12. The van der Waals surface area contributed by atoms with Gasteiger partial charge in [0.15, 0.2) is 0 Å². The van der Waals surface area contributed by atoms with Crippen molar-refractivity contribution >= 4 is 17.3 Å². The molecule has 0 spiro atoms. The Morgan fingerprint density at radius 3 is 2.62 bits per heavy atom. The van der Waals surface area contributed by atoms with E-state index >= 15 is 0 Å². The van der Waals surface area contributed by atoms with Crippen molar-refractivity contribution in [2.75, 3.05) is 30.4 Å². The van der Waals surface area contributed by atoms with Crippen LogP contribution in [-0.2, 0) is 4.79 Å². The number of para-hydroxylation sites is 1. The zero-order valence-electron chi connectivity index (χ0n) is 13.7. The van der Waals surface area contributed by atoms with Crippen LogP contribution in [0.1, 0.15) is 12.8 Å². The maximum absolute atomic E-state index is 13.9. The maximum atomic E-state index is 13.9. The van der Waals surface area contributed by atoms with Gasteiger partial charge in [0.25, 0.3) is 0 Å². The van der Waals surface area contributed by atoms with Crippen LogP contribution in [0.15, 0.2) is 48.5 Å². The summed E-state index contributed by atoms with van der Waals surface area (Å²) in [5, 5.41) is 2.94. The highest BCUT2D eigenvalue weighted by molar-refractivity contribution is 5.92. The van der Waals surface area contributed by atoms with Crippen molar-refractivity contribution in [3.63, 3.8) is 0 Å². The number of nitrogens with one attached hydrogen (secondary N) is 1. The van der Waals surface area contributed by atoms with E-state index in [1.807, 2.05) is 29.2 Å². The number of rotatable bonds is 4. The average molecular weight is 328 g/mol. The number of halogens is 1. The number of methoxy groups -OCH3 is 1. The molecule has 1 aliphatic heterocycles. The minimum absolute atomic E-state index is 0.0106. The molecule has 0 atom stereocenters. The van der Waals surface area contributed by atoms with E-state index in [1.165, 1.54) is 6.07 Å². The Morgan fingerprint density at radius 1 is 1.17 bits per heavy atom. The Kier molecular flexibility index (Phi) is 4.99. The standard InChI is InChI=1S/C19H21FN2O2/c1-24-16-6-4-5-15(13-16)21-19(23)14-9-11-22(12-10-14)18-8-3-2-7-17(18)20/h2-8,13-14H,9-12H2,1H3,(H,21,23). The molecule has 3 rings (SSSR count). The number of carbonyl (C=O) groups excluding carboxylic acids is 1. The fourth-order valence-electron chi connectivity index (χ4n) is 3.04. The number of amides is 1. The van der Waals surface area contributed by atoms with Gasteiger partial charge in [-0.15, -0.1) is 0 Å². The van der Waals surface area contributed by atoms with Crippen molar-refractivity contribution in [1.82, 2.24) is 0 Å². The van der Waals surface area contributed by atoms with E-state index in [-0.39, 0.29) is 17.6 Å². The number of anilines is 2. The fourth-order valence-corrected chi connectivity index (χ4v) is 3.04. The Bertz CT molecular complexity index is 712. The summed E-state index contributed by atoms with van der Waals surface area (Å²) >= 11 is 0. The van der Waals surface area contributed by atoms with E-state index in [0.717, 1.165) is 5.69 Å². The van der Waals surface area contributed by atoms with Gasteiger partial charge in [-0.3, -0.25) is 4.79 Å². The molecule has 2 aromatic carbocycles. The Hall–Kier alpha value is -2.56. The lowest BCUT2D eigenvalue weighted by Crippen LogP contribution is -2.38. The molecular weight excluding hydrogens is 307 g/mol. The van der Waals surface area contributed by atoms with E-state index in [0.29, 0.717) is 37.4 Å². The van der Waals surface area contributed by atoms with Crippen LogP contribution >= 0.6 is 0 Å². The van der Waals surface area contributed by atoms with E-state index in [4.69, 9.17) is 4.74 Å². The van der Waals surface area contributed by atoms with Crippen LogP contribution in [-0.4, -0.2) is 26.1 Å². The molecule has 0 unspecified atom stereocenters. The molecule has 1 amide bonds. The molecule has 1 aliphatic rings. The molecule has 0 bridgehead atoms. The van der Waals surface area contributed by atoms with Gasteiger partial charge in [0, 0.05) is 30.8 Å². The lowest BCUT2D eigenvalue weighted by molar-refractivity contribution is -0.120. The quantitative estimate of drug-likeness (QED) is 0.931. The smallest absolute Gasteiger partial charge is 0.227 e. The summed E-state index contributed by atoms with van der Waals surface area (Å²) in [6.45, 7) is 1.36. The van der Waals surface area contributed by atoms with Crippen LogP contribution in [0.2, 0.25) is 0 Å². The predicted octanol–water partition coefficient (Wildman–Crippen LogP) is 3.69. The Labute approximate surface area is 141 Å². The van der Waals surface area contributed by atoms with Crippen LogP contribution in [0.4, 0.5) is 15.8 Å². The van der Waals surface area contributed by atoms with Crippen LogP contribution in [0, 0.1) is 11.7 Å². The van der Waals surface area contributed by atoms with Gasteiger partial charge in [0.2, 0.25) is 5.91 Å². The van der Waals surface area contributed by atoms with Gasteiger partial charge in [0.05, 0.1) is 12.8 Å². The topological polar surface area (TPSA) is 41.6 Å². The molecule has 5 heteroatoms. The molecule has 0 saturated carbocycles. The molecule has 0 aromatic heterocycles. The molecule has 24 heavy (non-hydrogen) atoms. The summed E-state index contributed by atoms with van der Waals surface area (Å²) in [5.41, 5.74) is 1.35. The third-order valence-corrected chi connectivity index (χ3v) is 4.40. The monoisotopic (exact) mass is 328 g/mol. The van der Waals surface area contributed by atoms with Crippen molar-refractivity contribution in [3.05, 3.63) is 54.3 Å². The second-order valence-corrected chi connectivity index (χ2v) is 5.93. The van der Waals surface area contributed by atoms with Crippen molar-refractivity contribution < 1.29 is 13.9 Å². The maximum Gasteiger partial charge on any atom is 0.227 e. The lowest BCUT2D eigenvalue weighted by atomic mass is 9.95. The van der Waals surface area contributed by atoms with Gasteiger partial charge in [0.1, 0.15) is 11.6 Å². The molecule has 2 aromatic rings. The van der Waals surface area contributed by atoms with Crippen molar-refractivity contribution in [3.8, 4) is 5.75 Å². The highest BCUT2D eigenvalue weighted by Gasteiger charge is 2.26. The number of piperidine rings is 1. The van der Waals surface area contributed by atoms with Gasteiger partial charge in [-0.1, -0.05) is 18.2 Å². The van der Waals surface area contributed by atoms with Crippen molar-refractivity contribution in [2.45, 2.75) is 12.8 Å². The number of carbonyl (C=O) groups is 1. The summed E-state index contributed by atoms with van der Waals surface area (Å²) in [4.78, 5) is 14.4. The van der Waals surface area contributed by atoms with Crippen LogP contribution < -0.4 is 15.0 Å². The molecule has 126 valence electrons. The number of ether oxygens (including phenoxy) is 1. The van der Waals surface area contributed by atoms with Crippen LogP contribution in [0.5, 0.6) is 5.75 Å². The summed E-state index contributed by atoms with van der Waals surface area (Å²) in [6.07, 6.45) is 1.42. The number of nitrogens with zero attached hydrogens (tertiary/aromatic N) is 1. The Balaban J connectivity index is 1.58. The molecular formula is C19H21FN2O2. The minimum Gasteiger partial charge on any atom is -0.497 e.